The number of ether oxygens (including phenoxy) is 1. The molecule has 16 heavy (non-hydrogen) atoms. The van der Waals surface area contributed by atoms with Crippen molar-refractivity contribution in [3.8, 4) is 5.88 Å². The van der Waals surface area contributed by atoms with Gasteiger partial charge in [-0.2, -0.15) is 0 Å². The highest BCUT2D eigenvalue weighted by Crippen LogP contribution is 2.30. The predicted octanol–water partition coefficient (Wildman–Crippen LogP) is 2.31. The van der Waals surface area contributed by atoms with E-state index in [1.165, 1.54) is 7.11 Å². The first kappa shape index (κ1) is 12.6. The van der Waals surface area contributed by atoms with Crippen LogP contribution < -0.4 is 4.74 Å². The first-order chi connectivity index (χ1) is 7.45. The van der Waals surface area contributed by atoms with E-state index in [0.29, 0.717) is 0 Å². The summed E-state index contributed by atoms with van der Waals surface area (Å²) in [6, 6.07) is 0.969. The van der Waals surface area contributed by atoms with E-state index in [-0.39, 0.29) is 16.6 Å². The highest BCUT2D eigenvalue weighted by Gasteiger charge is 2.19. The molecular formula is C9H8ClF2NO3. The standard InChI is InChI=1S/C9H8ClF2NO3/c1-16-9-5(10)2-4(8(11)12)6(13-9)3-7(14)15/h2,8H,3H2,1H3,(H,14,15). The zero-order chi connectivity index (χ0) is 12.3. The lowest BCUT2D eigenvalue weighted by Crippen LogP contribution is -2.08. The van der Waals surface area contributed by atoms with Crippen LogP contribution in [0.15, 0.2) is 6.07 Å². The average molecular weight is 252 g/mol. The maximum atomic E-state index is 12.6. The van der Waals surface area contributed by atoms with Gasteiger partial charge in [0.1, 0.15) is 5.02 Å². The van der Waals surface area contributed by atoms with E-state index in [2.05, 4.69) is 4.98 Å². The minimum Gasteiger partial charge on any atom is -0.481 e. The van der Waals surface area contributed by atoms with Gasteiger partial charge < -0.3 is 9.84 Å². The summed E-state index contributed by atoms with van der Waals surface area (Å²) in [6.45, 7) is 0. The van der Waals surface area contributed by atoms with Crippen LogP contribution in [0.1, 0.15) is 17.7 Å². The first-order valence-corrected chi connectivity index (χ1v) is 4.56. The molecule has 1 rings (SSSR count). The number of nitrogens with zero attached hydrogens (tertiary/aromatic N) is 1. The number of rotatable bonds is 4. The SMILES string of the molecule is COc1nc(CC(=O)O)c(C(F)F)cc1Cl. The van der Waals surface area contributed by atoms with Gasteiger partial charge in [-0.25, -0.2) is 13.8 Å². The molecular weight excluding hydrogens is 244 g/mol. The topological polar surface area (TPSA) is 59.4 Å². The highest BCUT2D eigenvalue weighted by molar-refractivity contribution is 6.31. The van der Waals surface area contributed by atoms with Crippen molar-refractivity contribution in [3.63, 3.8) is 0 Å². The molecule has 0 aliphatic carbocycles. The second kappa shape index (κ2) is 5.07. The molecule has 0 saturated heterocycles. The number of aromatic nitrogens is 1. The fraction of sp³-hybridized carbons (Fsp3) is 0.333. The van der Waals surface area contributed by atoms with Crippen LogP contribution in [-0.2, 0) is 11.2 Å². The number of carboxylic acid groups (broad SMARTS) is 1. The Labute approximate surface area is 94.8 Å². The molecule has 0 atom stereocenters. The second-order valence-corrected chi connectivity index (χ2v) is 3.29. The summed E-state index contributed by atoms with van der Waals surface area (Å²) >= 11 is 5.61. The number of pyridine rings is 1. The van der Waals surface area contributed by atoms with Gasteiger partial charge in [0.2, 0.25) is 5.88 Å². The van der Waals surface area contributed by atoms with Gasteiger partial charge in [0.25, 0.3) is 6.43 Å². The minimum absolute atomic E-state index is 0.0673. The molecule has 0 aliphatic rings. The summed E-state index contributed by atoms with van der Waals surface area (Å²) in [4.78, 5) is 14.1. The van der Waals surface area contributed by atoms with Crippen molar-refractivity contribution in [1.29, 1.82) is 0 Å². The van der Waals surface area contributed by atoms with Gasteiger partial charge in [0.15, 0.2) is 0 Å². The Morgan fingerprint density at radius 2 is 2.31 bits per heavy atom. The van der Waals surface area contributed by atoms with Gasteiger partial charge in [0.05, 0.1) is 19.2 Å². The molecule has 4 nitrogen and oxygen atoms in total. The van der Waals surface area contributed by atoms with Gasteiger partial charge in [-0.15, -0.1) is 0 Å². The maximum Gasteiger partial charge on any atom is 0.309 e. The van der Waals surface area contributed by atoms with Crippen molar-refractivity contribution in [1.82, 2.24) is 4.98 Å². The van der Waals surface area contributed by atoms with Gasteiger partial charge in [-0.1, -0.05) is 11.6 Å². The summed E-state index contributed by atoms with van der Waals surface area (Å²) in [5, 5.41) is 8.47. The summed E-state index contributed by atoms with van der Waals surface area (Å²) in [5.41, 5.74) is -0.739. The van der Waals surface area contributed by atoms with E-state index >= 15 is 0 Å². The summed E-state index contributed by atoms with van der Waals surface area (Å²) < 4.78 is 29.8. The maximum absolute atomic E-state index is 12.6. The van der Waals surface area contributed by atoms with Crippen LogP contribution in [0.2, 0.25) is 5.02 Å². The minimum atomic E-state index is -2.83. The largest absolute Gasteiger partial charge is 0.481 e. The smallest absolute Gasteiger partial charge is 0.309 e. The van der Waals surface area contributed by atoms with Gasteiger partial charge in [-0.05, 0) is 6.07 Å². The number of hydrogen-bond acceptors (Lipinski definition) is 3. The van der Waals surface area contributed by atoms with E-state index in [0.717, 1.165) is 6.07 Å². The van der Waals surface area contributed by atoms with E-state index in [9.17, 15) is 13.6 Å². The third kappa shape index (κ3) is 2.79. The molecule has 0 unspecified atom stereocenters. The second-order valence-electron chi connectivity index (χ2n) is 2.89. The number of carboxylic acids is 1. The Morgan fingerprint density at radius 3 is 2.75 bits per heavy atom. The molecule has 1 heterocycles. The van der Waals surface area contributed by atoms with Crippen LogP contribution in [0.3, 0.4) is 0 Å². The van der Waals surface area contributed by atoms with Crippen molar-refractivity contribution < 1.29 is 23.4 Å². The molecule has 0 saturated carbocycles. The van der Waals surface area contributed by atoms with E-state index in [1.807, 2.05) is 0 Å². The molecule has 0 spiro atoms. The monoisotopic (exact) mass is 251 g/mol. The van der Waals surface area contributed by atoms with Crippen molar-refractivity contribution in [2.45, 2.75) is 12.8 Å². The summed E-state index contributed by atoms with van der Waals surface area (Å²) in [7, 11) is 1.26. The zero-order valence-corrected chi connectivity index (χ0v) is 8.96. The Kier molecular flexibility index (Phi) is 4.00. The Morgan fingerprint density at radius 1 is 1.69 bits per heavy atom. The lowest BCUT2D eigenvalue weighted by atomic mass is 10.1. The van der Waals surface area contributed by atoms with E-state index < -0.39 is 24.4 Å². The fourth-order valence-electron chi connectivity index (χ4n) is 1.14. The average Bonchev–Trinajstić information content (AvgIpc) is 2.19. The Hall–Kier alpha value is -1.43. The molecule has 0 aliphatic heterocycles. The molecule has 7 heteroatoms. The van der Waals surface area contributed by atoms with Crippen LogP contribution in [-0.4, -0.2) is 23.2 Å². The molecule has 0 radical (unpaired) electrons. The molecule has 1 aromatic heterocycles. The molecule has 1 aromatic rings. The number of methoxy groups -OCH3 is 1. The first-order valence-electron chi connectivity index (χ1n) is 4.19. The van der Waals surface area contributed by atoms with Crippen LogP contribution in [0.25, 0.3) is 0 Å². The molecule has 0 fully saturated rings. The highest BCUT2D eigenvalue weighted by atomic mass is 35.5. The normalized spacial score (nSPS) is 10.6. The van der Waals surface area contributed by atoms with Gasteiger partial charge in [0, 0.05) is 5.56 Å². The number of alkyl halides is 2. The van der Waals surface area contributed by atoms with Crippen molar-refractivity contribution in [3.05, 3.63) is 22.3 Å². The van der Waals surface area contributed by atoms with Gasteiger partial charge in [-0.3, -0.25) is 4.79 Å². The third-order valence-electron chi connectivity index (χ3n) is 1.80. The van der Waals surface area contributed by atoms with Crippen LogP contribution in [0.5, 0.6) is 5.88 Å². The fourth-order valence-corrected chi connectivity index (χ4v) is 1.38. The van der Waals surface area contributed by atoms with Crippen LogP contribution in [0, 0.1) is 0 Å². The van der Waals surface area contributed by atoms with Crippen molar-refractivity contribution >= 4 is 17.6 Å². The molecule has 0 amide bonds. The van der Waals surface area contributed by atoms with E-state index in [1.54, 1.807) is 0 Å². The summed E-state index contributed by atoms with van der Waals surface area (Å²) in [5.74, 6) is -1.32. The molecule has 0 aromatic carbocycles. The van der Waals surface area contributed by atoms with E-state index in [4.69, 9.17) is 21.4 Å². The molecule has 88 valence electrons. The quantitative estimate of drug-likeness (QED) is 0.892. The Balaban J connectivity index is 3.24. The lowest BCUT2D eigenvalue weighted by molar-refractivity contribution is -0.136. The molecule has 0 bridgehead atoms. The van der Waals surface area contributed by atoms with Crippen molar-refractivity contribution in [2.24, 2.45) is 0 Å². The van der Waals surface area contributed by atoms with Crippen LogP contribution in [0.4, 0.5) is 8.78 Å². The number of hydrogen-bond donors (Lipinski definition) is 1. The molecule has 1 N–H and O–H groups in total. The predicted molar refractivity (Wildman–Crippen MR) is 52.1 cm³/mol. The van der Waals surface area contributed by atoms with Gasteiger partial charge >= 0.3 is 5.97 Å². The number of aliphatic carboxylic acids is 1. The Bertz CT molecular complexity index is 412. The lowest BCUT2D eigenvalue weighted by Gasteiger charge is -2.09. The van der Waals surface area contributed by atoms with Crippen molar-refractivity contribution in [2.75, 3.05) is 7.11 Å². The number of carbonyl (C=O) groups is 1. The third-order valence-corrected chi connectivity index (χ3v) is 2.07. The van der Waals surface area contributed by atoms with Crippen LogP contribution >= 0.6 is 11.6 Å². The number of halogens is 3. The zero-order valence-electron chi connectivity index (χ0n) is 8.21. The summed E-state index contributed by atoms with van der Waals surface area (Å²) in [6.07, 6.45) is -3.43.